The highest BCUT2D eigenvalue weighted by molar-refractivity contribution is 5.84. The first-order chi connectivity index (χ1) is 9.74. The number of aryl methyl sites for hydroxylation is 1. The van der Waals surface area contributed by atoms with Crippen molar-refractivity contribution in [1.82, 2.24) is 4.57 Å². The molecule has 0 amide bonds. The molecule has 0 unspecified atom stereocenters. The summed E-state index contributed by atoms with van der Waals surface area (Å²) in [6.45, 7) is 1.10. The van der Waals surface area contributed by atoms with E-state index in [9.17, 15) is 4.79 Å². The van der Waals surface area contributed by atoms with Crippen molar-refractivity contribution in [2.24, 2.45) is 5.92 Å². The average Bonchev–Trinajstić information content (AvgIpc) is 3.07. The van der Waals surface area contributed by atoms with Gasteiger partial charge >= 0.3 is 5.97 Å². The number of fused-ring (bicyclic) bond motifs is 1. The van der Waals surface area contributed by atoms with Crippen LogP contribution in [-0.4, -0.2) is 15.6 Å². The normalized spacial score (nSPS) is 16.0. The van der Waals surface area contributed by atoms with Crippen molar-refractivity contribution in [2.75, 3.05) is 0 Å². The summed E-state index contributed by atoms with van der Waals surface area (Å²) in [5.74, 6) is 0.0840. The van der Waals surface area contributed by atoms with Crippen molar-refractivity contribution in [1.29, 1.82) is 0 Å². The second kappa shape index (κ2) is 5.70. The van der Waals surface area contributed by atoms with Gasteiger partial charge in [0, 0.05) is 30.1 Å². The molecule has 1 N–H and O–H groups in total. The first-order valence-electron chi connectivity index (χ1n) is 7.52. The molecule has 1 saturated carbocycles. The van der Waals surface area contributed by atoms with Crippen molar-refractivity contribution in [2.45, 2.75) is 45.1 Å². The Kier molecular flexibility index (Phi) is 3.77. The third kappa shape index (κ3) is 2.72. The van der Waals surface area contributed by atoms with E-state index in [4.69, 9.17) is 5.11 Å². The summed E-state index contributed by atoms with van der Waals surface area (Å²) in [6.07, 6.45) is 8.40. The van der Waals surface area contributed by atoms with E-state index in [0.29, 0.717) is 6.42 Å². The molecule has 1 aromatic heterocycles. The molecule has 1 aliphatic rings. The lowest BCUT2D eigenvalue weighted by atomic mass is 10.1. The van der Waals surface area contributed by atoms with Gasteiger partial charge in [-0.15, -0.1) is 0 Å². The predicted molar refractivity (Wildman–Crippen MR) is 79.9 cm³/mol. The second-order valence-electron chi connectivity index (χ2n) is 5.86. The third-order valence-corrected chi connectivity index (χ3v) is 4.44. The number of aromatic nitrogens is 1. The smallest absolute Gasteiger partial charge is 0.303 e. The molecule has 0 aliphatic heterocycles. The Hall–Kier alpha value is -1.77. The molecular weight excluding hydrogens is 250 g/mol. The maximum absolute atomic E-state index is 10.7. The molecule has 106 valence electrons. The highest BCUT2D eigenvalue weighted by Crippen LogP contribution is 2.29. The summed E-state index contributed by atoms with van der Waals surface area (Å²) in [5, 5.41) is 10.1. The van der Waals surface area contributed by atoms with Crippen LogP contribution in [0.1, 0.15) is 37.7 Å². The van der Waals surface area contributed by atoms with Crippen LogP contribution in [0.2, 0.25) is 0 Å². The van der Waals surface area contributed by atoms with Crippen molar-refractivity contribution < 1.29 is 9.90 Å². The van der Waals surface area contributed by atoms with E-state index in [2.05, 4.69) is 22.9 Å². The van der Waals surface area contributed by atoms with Crippen LogP contribution in [0, 0.1) is 5.92 Å². The van der Waals surface area contributed by atoms with Crippen LogP contribution in [0.5, 0.6) is 0 Å². The SMILES string of the molecule is O=C(O)CCc1cccc2c1ccn2CC1CCCC1. The lowest BCUT2D eigenvalue weighted by Gasteiger charge is -2.12. The molecule has 0 saturated heterocycles. The third-order valence-electron chi connectivity index (χ3n) is 4.44. The van der Waals surface area contributed by atoms with Gasteiger partial charge in [-0.2, -0.15) is 0 Å². The number of rotatable bonds is 5. The van der Waals surface area contributed by atoms with Gasteiger partial charge in [0.25, 0.3) is 0 Å². The maximum atomic E-state index is 10.7. The summed E-state index contributed by atoms with van der Waals surface area (Å²) in [5.41, 5.74) is 2.40. The molecule has 3 nitrogen and oxygen atoms in total. The molecule has 0 spiro atoms. The summed E-state index contributed by atoms with van der Waals surface area (Å²) < 4.78 is 2.34. The van der Waals surface area contributed by atoms with Gasteiger partial charge in [-0.3, -0.25) is 4.79 Å². The van der Waals surface area contributed by atoms with Gasteiger partial charge in [0.05, 0.1) is 0 Å². The number of carboxylic acid groups (broad SMARTS) is 1. The molecule has 0 atom stereocenters. The second-order valence-corrected chi connectivity index (χ2v) is 5.86. The Morgan fingerprint density at radius 3 is 2.80 bits per heavy atom. The minimum Gasteiger partial charge on any atom is -0.481 e. The molecule has 1 aromatic carbocycles. The van der Waals surface area contributed by atoms with Crippen LogP contribution in [0.4, 0.5) is 0 Å². The summed E-state index contributed by atoms with van der Waals surface area (Å²) in [4.78, 5) is 10.7. The average molecular weight is 271 g/mol. The molecule has 1 aliphatic carbocycles. The Morgan fingerprint density at radius 1 is 1.25 bits per heavy atom. The van der Waals surface area contributed by atoms with Gasteiger partial charge in [-0.25, -0.2) is 0 Å². The maximum Gasteiger partial charge on any atom is 0.303 e. The van der Waals surface area contributed by atoms with Crippen molar-refractivity contribution in [3.05, 3.63) is 36.0 Å². The van der Waals surface area contributed by atoms with E-state index < -0.39 is 5.97 Å². The first-order valence-corrected chi connectivity index (χ1v) is 7.52. The van der Waals surface area contributed by atoms with Gasteiger partial charge in [0.1, 0.15) is 0 Å². The van der Waals surface area contributed by atoms with E-state index in [1.807, 2.05) is 12.1 Å². The molecule has 3 rings (SSSR count). The van der Waals surface area contributed by atoms with Gasteiger partial charge in [0.2, 0.25) is 0 Å². The minimum absolute atomic E-state index is 0.201. The summed E-state index contributed by atoms with van der Waals surface area (Å²) in [6, 6.07) is 8.38. The molecule has 1 heterocycles. The van der Waals surface area contributed by atoms with E-state index in [-0.39, 0.29) is 6.42 Å². The molecule has 2 aromatic rings. The number of aliphatic carboxylic acids is 1. The van der Waals surface area contributed by atoms with Crippen LogP contribution in [0.3, 0.4) is 0 Å². The first kappa shape index (κ1) is 13.2. The standard InChI is InChI=1S/C17H21NO2/c19-17(20)9-8-14-6-3-7-16-15(14)10-11-18(16)12-13-4-1-2-5-13/h3,6-7,10-11,13H,1-2,4-5,8-9,12H2,(H,19,20). The number of hydrogen-bond donors (Lipinski definition) is 1. The van der Waals surface area contributed by atoms with E-state index >= 15 is 0 Å². The molecule has 0 radical (unpaired) electrons. The Balaban J connectivity index is 1.84. The van der Waals surface area contributed by atoms with Crippen molar-refractivity contribution in [3.8, 4) is 0 Å². The fourth-order valence-corrected chi connectivity index (χ4v) is 3.38. The molecule has 3 heteroatoms. The van der Waals surface area contributed by atoms with E-state index in [0.717, 1.165) is 18.0 Å². The number of carbonyl (C=O) groups is 1. The molecular formula is C17H21NO2. The zero-order valence-corrected chi connectivity index (χ0v) is 11.7. The number of nitrogens with zero attached hydrogens (tertiary/aromatic N) is 1. The van der Waals surface area contributed by atoms with Crippen LogP contribution in [-0.2, 0) is 17.8 Å². The quantitative estimate of drug-likeness (QED) is 0.897. The highest BCUT2D eigenvalue weighted by Gasteiger charge is 2.16. The van der Waals surface area contributed by atoms with Crippen LogP contribution in [0.25, 0.3) is 10.9 Å². The zero-order chi connectivity index (χ0) is 13.9. The molecule has 20 heavy (non-hydrogen) atoms. The summed E-state index contributed by atoms with van der Waals surface area (Å²) in [7, 11) is 0. The monoisotopic (exact) mass is 271 g/mol. The van der Waals surface area contributed by atoms with Gasteiger partial charge in [0.15, 0.2) is 0 Å². The largest absolute Gasteiger partial charge is 0.481 e. The minimum atomic E-state index is -0.729. The fourth-order valence-electron chi connectivity index (χ4n) is 3.38. The molecule has 0 bridgehead atoms. The van der Waals surface area contributed by atoms with Crippen molar-refractivity contribution in [3.63, 3.8) is 0 Å². The predicted octanol–water partition coefficient (Wildman–Crippen LogP) is 3.85. The fraction of sp³-hybridized carbons (Fsp3) is 0.471. The number of hydrogen-bond acceptors (Lipinski definition) is 1. The highest BCUT2D eigenvalue weighted by atomic mass is 16.4. The van der Waals surface area contributed by atoms with Crippen LogP contribution in [0.15, 0.2) is 30.5 Å². The van der Waals surface area contributed by atoms with E-state index in [1.165, 1.54) is 36.6 Å². The summed E-state index contributed by atoms with van der Waals surface area (Å²) >= 11 is 0. The number of carboxylic acids is 1. The lowest BCUT2D eigenvalue weighted by Crippen LogP contribution is -2.06. The Morgan fingerprint density at radius 2 is 2.05 bits per heavy atom. The Bertz CT molecular complexity index is 608. The molecule has 1 fully saturated rings. The Labute approximate surface area is 119 Å². The van der Waals surface area contributed by atoms with E-state index in [1.54, 1.807) is 0 Å². The number of benzene rings is 1. The van der Waals surface area contributed by atoms with Crippen LogP contribution < -0.4 is 0 Å². The lowest BCUT2D eigenvalue weighted by molar-refractivity contribution is -0.136. The topological polar surface area (TPSA) is 42.2 Å². The van der Waals surface area contributed by atoms with Gasteiger partial charge < -0.3 is 9.67 Å². The van der Waals surface area contributed by atoms with Gasteiger partial charge in [-0.05, 0) is 42.9 Å². The van der Waals surface area contributed by atoms with Gasteiger partial charge in [-0.1, -0.05) is 25.0 Å². The van der Waals surface area contributed by atoms with Crippen LogP contribution >= 0.6 is 0 Å². The van der Waals surface area contributed by atoms with Crippen molar-refractivity contribution >= 4 is 16.9 Å². The zero-order valence-electron chi connectivity index (χ0n) is 11.7.